The second kappa shape index (κ2) is 7.07. The summed E-state index contributed by atoms with van der Waals surface area (Å²) in [4.78, 5) is 11.9. The molecule has 1 amide bonds. The van der Waals surface area contributed by atoms with Gasteiger partial charge in [-0.05, 0) is 25.5 Å². The van der Waals surface area contributed by atoms with Crippen molar-refractivity contribution >= 4 is 18.3 Å². The third-order valence-corrected chi connectivity index (χ3v) is 3.03. The minimum absolute atomic E-state index is 0. The van der Waals surface area contributed by atoms with Crippen LogP contribution >= 0.6 is 12.4 Å². The van der Waals surface area contributed by atoms with E-state index in [0.29, 0.717) is 18.7 Å². The maximum atomic E-state index is 11.9. The van der Waals surface area contributed by atoms with Crippen molar-refractivity contribution in [3.63, 3.8) is 0 Å². The van der Waals surface area contributed by atoms with Gasteiger partial charge < -0.3 is 11.1 Å². The molecular weight excluding hydrogens is 276 g/mol. The Hall–Kier alpha value is -1.85. The van der Waals surface area contributed by atoms with Gasteiger partial charge in [-0.25, -0.2) is 4.68 Å². The van der Waals surface area contributed by atoms with Crippen molar-refractivity contribution in [2.45, 2.75) is 13.8 Å². The van der Waals surface area contributed by atoms with Crippen LogP contribution < -0.4 is 11.1 Å². The molecule has 1 aromatic heterocycles. The van der Waals surface area contributed by atoms with Crippen molar-refractivity contribution in [3.8, 4) is 5.69 Å². The number of aryl methyl sites for hydroxylation is 1. The zero-order valence-corrected chi connectivity index (χ0v) is 12.4. The number of benzene rings is 1. The third-order valence-electron chi connectivity index (χ3n) is 3.03. The number of amides is 1. The SMILES string of the molecule is Cc1ccccc1-n1ncc(C(=O)NCCN)c1C.Cl. The molecule has 0 aliphatic heterocycles. The van der Waals surface area contributed by atoms with Crippen LogP contribution in [0, 0.1) is 13.8 Å². The highest BCUT2D eigenvalue weighted by Gasteiger charge is 2.15. The van der Waals surface area contributed by atoms with Crippen LogP contribution in [0.4, 0.5) is 0 Å². The molecule has 0 aliphatic carbocycles. The van der Waals surface area contributed by atoms with Crippen molar-refractivity contribution in [2.75, 3.05) is 13.1 Å². The molecule has 0 radical (unpaired) electrons. The zero-order valence-electron chi connectivity index (χ0n) is 11.6. The van der Waals surface area contributed by atoms with E-state index in [1.165, 1.54) is 0 Å². The summed E-state index contributed by atoms with van der Waals surface area (Å²) >= 11 is 0. The minimum Gasteiger partial charge on any atom is -0.351 e. The fourth-order valence-corrected chi connectivity index (χ4v) is 1.96. The molecule has 0 fully saturated rings. The summed E-state index contributed by atoms with van der Waals surface area (Å²) in [7, 11) is 0. The van der Waals surface area contributed by atoms with Gasteiger partial charge >= 0.3 is 0 Å². The Morgan fingerprint density at radius 2 is 2.05 bits per heavy atom. The Labute approximate surface area is 124 Å². The number of nitrogens with zero attached hydrogens (tertiary/aromatic N) is 2. The van der Waals surface area contributed by atoms with Gasteiger partial charge in [-0.15, -0.1) is 12.4 Å². The largest absolute Gasteiger partial charge is 0.351 e. The highest BCUT2D eigenvalue weighted by atomic mass is 35.5. The topological polar surface area (TPSA) is 72.9 Å². The van der Waals surface area contributed by atoms with Gasteiger partial charge in [0.2, 0.25) is 0 Å². The maximum absolute atomic E-state index is 11.9. The first-order valence-corrected chi connectivity index (χ1v) is 6.24. The molecule has 0 atom stereocenters. The predicted octanol–water partition coefficient (Wildman–Crippen LogP) is 1.60. The molecule has 6 heteroatoms. The average molecular weight is 295 g/mol. The molecule has 5 nitrogen and oxygen atoms in total. The highest BCUT2D eigenvalue weighted by Crippen LogP contribution is 2.17. The smallest absolute Gasteiger partial charge is 0.254 e. The second-order valence-corrected chi connectivity index (χ2v) is 4.39. The number of carbonyl (C=O) groups is 1. The molecular formula is C14H19ClN4O. The van der Waals surface area contributed by atoms with E-state index in [1.54, 1.807) is 10.9 Å². The Morgan fingerprint density at radius 3 is 2.70 bits per heavy atom. The second-order valence-electron chi connectivity index (χ2n) is 4.39. The van der Waals surface area contributed by atoms with Crippen molar-refractivity contribution in [1.29, 1.82) is 0 Å². The molecule has 20 heavy (non-hydrogen) atoms. The molecule has 3 N–H and O–H groups in total. The quantitative estimate of drug-likeness (QED) is 0.899. The molecule has 0 saturated heterocycles. The summed E-state index contributed by atoms with van der Waals surface area (Å²) in [6.07, 6.45) is 1.59. The van der Waals surface area contributed by atoms with E-state index in [9.17, 15) is 4.79 Å². The van der Waals surface area contributed by atoms with E-state index in [0.717, 1.165) is 16.9 Å². The van der Waals surface area contributed by atoms with E-state index in [1.807, 2.05) is 38.1 Å². The van der Waals surface area contributed by atoms with Crippen LogP contribution in [0.1, 0.15) is 21.6 Å². The lowest BCUT2D eigenvalue weighted by Crippen LogP contribution is -2.29. The van der Waals surface area contributed by atoms with Crippen molar-refractivity contribution in [1.82, 2.24) is 15.1 Å². The molecule has 108 valence electrons. The third kappa shape index (κ3) is 3.18. The lowest BCUT2D eigenvalue weighted by molar-refractivity contribution is 0.0954. The summed E-state index contributed by atoms with van der Waals surface area (Å²) in [5.41, 5.74) is 8.87. The molecule has 1 heterocycles. The summed E-state index contributed by atoms with van der Waals surface area (Å²) < 4.78 is 1.78. The number of hydrogen-bond donors (Lipinski definition) is 2. The molecule has 1 aromatic carbocycles. The van der Waals surface area contributed by atoms with Crippen molar-refractivity contribution < 1.29 is 4.79 Å². The fourth-order valence-electron chi connectivity index (χ4n) is 1.96. The molecule has 0 unspecified atom stereocenters. The Balaban J connectivity index is 0.00000200. The normalized spacial score (nSPS) is 9.95. The van der Waals surface area contributed by atoms with Crippen LogP contribution in [0.15, 0.2) is 30.5 Å². The van der Waals surface area contributed by atoms with Crippen LogP contribution in [-0.2, 0) is 0 Å². The number of para-hydroxylation sites is 1. The van der Waals surface area contributed by atoms with Gasteiger partial charge in [0.15, 0.2) is 0 Å². The van der Waals surface area contributed by atoms with E-state index in [2.05, 4.69) is 10.4 Å². The Morgan fingerprint density at radius 1 is 1.35 bits per heavy atom. The van der Waals surface area contributed by atoms with Crippen LogP contribution in [0.5, 0.6) is 0 Å². The molecule has 0 aliphatic rings. The first-order valence-electron chi connectivity index (χ1n) is 6.24. The first kappa shape index (κ1) is 16.2. The Kier molecular flexibility index (Phi) is 5.73. The standard InChI is InChI=1S/C14H18N4O.ClH/c1-10-5-3-4-6-13(10)18-11(2)12(9-17-18)14(19)16-8-7-15;/h3-6,9H,7-8,15H2,1-2H3,(H,16,19);1H. The summed E-state index contributed by atoms with van der Waals surface area (Å²) in [6.45, 7) is 4.80. The number of nitrogens with one attached hydrogen (secondary N) is 1. The van der Waals surface area contributed by atoms with Gasteiger partial charge in [-0.3, -0.25) is 4.79 Å². The molecule has 0 saturated carbocycles. The van der Waals surface area contributed by atoms with E-state index >= 15 is 0 Å². The van der Waals surface area contributed by atoms with Crippen LogP contribution in [0.2, 0.25) is 0 Å². The number of aromatic nitrogens is 2. The Bertz CT molecular complexity index is 595. The van der Waals surface area contributed by atoms with Crippen molar-refractivity contribution in [3.05, 3.63) is 47.3 Å². The average Bonchev–Trinajstić information content (AvgIpc) is 2.78. The van der Waals surface area contributed by atoms with Gasteiger partial charge in [-0.2, -0.15) is 5.10 Å². The number of hydrogen-bond acceptors (Lipinski definition) is 3. The monoisotopic (exact) mass is 294 g/mol. The lowest BCUT2D eigenvalue weighted by Gasteiger charge is -2.08. The number of carbonyl (C=O) groups excluding carboxylic acids is 1. The summed E-state index contributed by atoms with van der Waals surface area (Å²) in [6, 6.07) is 7.94. The summed E-state index contributed by atoms with van der Waals surface area (Å²) in [5, 5.41) is 7.05. The number of halogens is 1. The molecule has 2 rings (SSSR count). The molecule has 0 bridgehead atoms. The molecule has 0 spiro atoms. The van der Waals surface area contributed by atoms with Gasteiger partial charge in [0.05, 0.1) is 23.1 Å². The van der Waals surface area contributed by atoms with Crippen LogP contribution in [-0.4, -0.2) is 28.8 Å². The van der Waals surface area contributed by atoms with Gasteiger partial charge in [-0.1, -0.05) is 18.2 Å². The van der Waals surface area contributed by atoms with Gasteiger partial charge in [0, 0.05) is 13.1 Å². The predicted molar refractivity (Wildman–Crippen MR) is 81.7 cm³/mol. The van der Waals surface area contributed by atoms with E-state index in [-0.39, 0.29) is 18.3 Å². The van der Waals surface area contributed by atoms with E-state index in [4.69, 9.17) is 5.73 Å². The van der Waals surface area contributed by atoms with Crippen molar-refractivity contribution in [2.24, 2.45) is 5.73 Å². The zero-order chi connectivity index (χ0) is 13.8. The van der Waals surface area contributed by atoms with Crippen LogP contribution in [0.25, 0.3) is 5.69 Å². The number of nitrogens with two attached hydrogens (primary N) is 1. The molecule has 2 aromatic rings. The minimum atomic E-state index is -0.136. The van der Waals surface area contributed by atoms with Gasteiger partial charge in [0.25, 0.3) is 5.91 Å². The highest BCUT2D eigenvalue weighted by molar-refractivity contribution is 5.95. The van der Waals surface area contributed by atoms with Gasteiger partial charge in [0.1, 0.15) is 0 Å². The maximum Gasteiger partial charge on any atom is 0.254 e. The fraction of sp³-hybridized carbons (Fsp3) is 0.286. The van der Waals surface area contributed by atoms with E-state index < -0.39 is 0 Å². The number of rotatable bonds is 4. The summed E-state index contributed by atoms with van der Waals surface area (Å²) in [5.74, 6) is -0.136. The first-order chi connectivity index (χ1) is 9.15. The lowest BCUT2D eigenvalue weighted by atomic mass is 10.2. The van der Waals surface area contributed by atoms with Crippen LogP contribution in [0.3, 0.4) is 0 Å².